The summed E-state index contributed by atoms with van der Waals surface area (Å²) < 4.78 is 0. The van der Waals surface area contributed by atoms with Gasteiger partial charge in [-0.15, -0.1) is 24.2 Å². The second-order valence-electron chi connectivity index (χ2n) is 6.43. The second-order valence-corrected chi connectivity index (χ2v) is 7.62. The van der Waals surface area contributed by atoms with Gasteiger partial charge in [-0.1, -0.05) is 30.3 Å². The summed E-state index contributed by atoms with van der Waals surface area (Å²) in [5.41, 5.74) is 7.98. The second kappa shape index (κ2) is 13.0. The van der Waals surface area contributed by atoms with Gasteiger partial charge in [0.2, 0.25) is 6.41 Å². The highest BCUT2D eigenvalue weighted by Gasteiger charge is 2.15. The van der Waals surface area contributed by atoms with E-state index in [1.54, 1.807) is 25.3 Å². The zero-order chi connectivity index (χ0) is 21.2. The molecule has 1 heterocycles. The van der Waals surface area contributed by atoms with Crippen molar-refractivity contribution >= 4 is 42.2 Å². The molecule has 0 fully saturated rings. The van der Waals surface area contributed by atoms with Crippen LogP contribution in [-0.2, 0) is 11.3 Å². The van der Waals surface area contributed by atoms with Crippen LogP contribution in [0.1, 0.15) is 41.5 Å². The van der Waals surface area contributed by atoms with Gasteiger partial charge in [-0.05, 0) is 13.8 Å². The number of nitrogen functional groups attached to an aromatic ring is 1. The number of amides is 1. The van der Waals surface area contributed by atoms with Gasteiger partial charge in [0.15, 0.2) is 5.78 Å². The van der Waals surface area contributed by atoms with E-state index in [1.807, 2.05) is 25.1 Å². The number of ketones is 1. The van der Waals surface area contributed by atoms with Gasteiger partial charge < -0.3 is 15.7 Å². The van der Waals surface area contributed by atoms with Crippen LogP contribution in [0.5, 0.6) is 0 Å². The van der Waals surface area contributed by atoms with E-state index in [9.17, 15) is 14.7 Å². The van der Waals surface area contributed by atoms with Gasteiger partial charge in [0.25, 0.3) is 0 Å². The first-order chi connectivity index (χ1) is 14.0. The number of aliphatic hydroxyl groups is 1. The molecule has 0 atom stereocenters. The minimum atomic E-state index is -0.0468. The van der Waals surface area contributed by atoms with E-state index < -0.39 is 0 Å². The number of hydrogen-bond acceptors (Lipinski definition) is 7. The lowest BCUT2D eigenvalue weighted by molar-refractivity contribution is -0.116. The average molecular weight is 451 g/mol. The highest BCUT2D eigenvalue weighted by molar-refractivity contribution is 8.03. The average Bonchev–Trinajstić information content (AvgIpc) is 2.72. The fourth-order valence-electron chi connectivity index (χ4n) is 2.71. The third-order valence-electron chi connectivity index (χ3n) is 4.36. The Hall–Kier alpha value is -2.42. The van der Waals surface area contributed by atoms with Crippen LogP contribution in [0.2, 0.25) is 0 Å². The molecule has 2 aromatic rings. The van der Waals surface area contributed by atoms with Gasteiger partial charge >= 0.3 is 0 Å². The van der Waals surface area contributed by atoms with Crippen molar-refractivity contribution in [2.45, 2.75) is 33.2 Å². The first-order valence-corrected chi connectivity index (χ1v) is 10.3. The topological polar surface area (TPSA) is 109 Å². The molecule has 162 valence electrons. The van der Waals surface area contributed by atoms with Crippen molar-refractivity contribution in [3.05, 3.63) is 64.1 Å². The number of hydrogen-bond donors (Lipinski definition) is 2. The van der Waals surface area contributed by atoms with Gasteiger partial charge in [-0.3, -0.25) is 9.59 Å². The largest absolute Gasteiger partial charge is 0.396 e. The van der Waals surface area contributed by atoms with Gasteiger partial charge in [0.05, 0.1) is 6.54 Å². The standard InChI is InChI=1S/C21H26N4O3S.ClH/c1-15(25(14-27)13-18-12-23-16(2)24-21(18)22)20(8-10-26)29-11-9-19(28)17-6-4-3-5-7-17;/h3-7,12,14,26H,8-11,13H2,1-2H3,(H2,22,23,24);1H/b20-15-;. The van der Waals surface area contributed by atoms with Gasteiger partial charge in [-0.2, -0.15) is 0 Å². The highest BCUT2D eigenvalue weighted by Crippen LogP contribution is 2.27. The highest BCUT2D eigenvalue weighted by atomic mass is 35.5. The van der Waals surface area contributed by atoms with E-state index in [4.69, 9.17) is 5.73 Å². The molecule has 0 saturated carbocycles. The molecule has 0 aliphatic rings. The Balaban J connectivity index is 0.00000450. The molecule has 0 bridgehead atoms. The quantitative estimate of drug-likeness (QED) is 0.399. The van der Waals surface area contributed by atoms with Crippen LogP contribution in [0.15, 0.2) is 47.1 Å². The molecule has 1 amide bonds. The Morgan fingerprint density at radius 3 is 2.57 bits per heavy atom. The fourth-order valence-corrected chi connectivity index (χ4v) is 3.80. The summed E-state index contributed by atoms with van der Waals surface area (Å²) in [5, 5.41) is 9.43. The zero-order valence-electron chi connectivity index (χ0n) is 17.1. The van der Waals surface area contributed by atoms with Crippen LogP contribution in [0.4, 0.5) is 5.82 Å². The third kappa shape index (κ3) is 7.44. The van der Waals surface area contributed by atoms with E-state index in [-0.39, 0.29) is 31.3 Å². The molecule has 1 aromatic carbocycles. The maximum Gasteiger partial charge on any atom is 0.214 e. The molecule has 0 radical (unpaired) electrons. The number of rotatable bonds is 11. The number of aromatic nitrogens is 2. The number of aryl methyl sites for hydroxylation is 1. The van der Waals surface area contributed by atoms with E-state index >= 15 is 0 Å². The van der Waals surface area contributed by atoms with E-state index in [0.29, 0.717) is 47.1 Å². The number of carbonyl (C=O) groups is 2. The number of aliphatic hydroxyl groups excluding tert-OH is 1. The third-order valence-corrected chi connectivity index (χ3v) is 5.62. The summed E-state index contributed by atoms with van der Waals surface area (Å²) in [7, 11) is 0. The van der Waals surface area contributed by atoms with Crippen molar-refractivity contribution in [3.63, 3.8) is 0 Å². The monoisotopic (exact) mass is 450 g/mol. The molecular weight excluding hydrogens is 424 g/mol. The summed E-state index contributed by atoms with van der Waals surface area (Å²) in [6.07, 6.45) is 3.11. The van der Waals surface area contributed by atoms with Crippen molar-refractivity contribution in [2.75, 3.05) is 18.1 Å². The predicted octanol–water partition coefficient (Wildman–Crippen LogP) is 3.37. The van der Waals surface area contributed by atoms with E-state index in [2.05, 4.69) is 9.97 Å². The Morgan fingerprint density at radius 1 is 1.27 bits per heavy atom. The molecule has 9 heteroatoms. The van der Waals surface area contributed by atoms with Gasteiger partial charge in [0, 0.05) is 53.1 Å². The smallest absolute Gasteiger partial charge is 0.214 e. The molecular formula is C21H27ClN4O3S. The molecule has 3 N–H and O–H groups in total. The SMILES string of the molecule is C/C(=C(\CCO)SCCC(=O)c1ccccc1)N(C=O)Cc1cnc(C)nc1N.Cl. The summed E-state index contributed by atoms with van der Waals surface area (Å²) in [5.74, 6) is 1.52. The molecule has 0 saturated heterocycles. The van der Waals surface area contributed by atoms with Crippen LogP contribution >= 0.6 is 24.2 Å². The minimum Gasteiger partial charge on any atom is -0.396 e. The summed E-state index contributed by atoms with van der Waals surface area (Å²) >= 11 is 1.47. The zero-order valence-corrected chi connectivity index (χ0v) is 18.7. The lowest BCUT2D eigenvalue weighted by atomic mass is 10.1. The van der Waals surface area contributed by atoms with Gasteiger partial charge in [0.1, 0.15) is 11.6 Å². The molecule has 0 aliphatic carbocycles. The molecule has 2 rings (SSSR count). The number of nitrogens with two attached hydrogens (primary N) is 1. The summed E-state index contributed by atoms with van der Waals surface area (Å²) in [6.45, 7) is 3.75. The maximum atomic E-state index is 12.3. The number of Topliss-reactive ketones (excluding diaryl/α,β-unsaturated/α-hetero) is 1. The minimum absolute atomic E-state index is 0. The normalized spacial score (nSPS) is 11.3. The Morgan fingerprint density at radius 2 is 1.97 bits per heavy atom. The number of carbonyl (C=O) groups excluding carboxylic acids is 2. The number of thioether (sulfide) groups is 1. The lowest BCUT2D eigenvalue weighted by Crippen LogP contribution is -2.22. The number of halogens is 1. The molecule has 7 nitrogen and oxygen atoms in total. The molecule has 0 aliphatic heterocycles. The van der Waals surface area contributed by atoms with Crippen molar-refractivity contribution in [3.8, 4) is 0 Å². The van der Waals surface area contributed by atoms with E-state index in [0.717, 1.165) is 11.3 Å². The maximum absolute atomic E-state index is 12.3. The predicted molar refractivity (Wildman–Crippen MR) is 122 cm³/mol. The number of allylic oxidation sites excluding steroid dienone is 1. The van der Waals surface area contributed by atoms with Crippen molar-refractivity contribution < 1.29 is 14.7 Å². The number of nitrogens with zero attached hydrogens (tertiary/aromatic N) is 3. The molecule has 30 heavy (non-hydrogen) atoms. The van der Waals surface area contributed by atoms with Crippen LogP contribution in [0.3, 0.4) is 0 Å². The van der Waals surface area contributed by atoms with Crippen LogP contribution in [0, 0.1) is 6.92 Å². The molecule has 0 spiro atoms. The first-order valence-electron chi connectivity index (χ1n) is 9.27. The fraction of sp³-hybridized carbons (Fsp3) is 0.333. The Labute approximate surface area is 187 Å². The number of anilines is 1. The summed E-state index contributed by atoms with van der Waals surface area (Å²) in [4.78, 5) is 34.6. The van der Waals surface area contributed by atoms with E-state index in [1.165, 1.54) is 16.7 Å². The Kier molecular flexibility index (Phi) is 11.1. The first kappa shape index (κ1) is 25.6. The van der Waals surface area contributed by atoms with Gasteiger partial charge in [-0.25, -0.2) is 9.97 Å². The lowest BCUT2D eigenvalue weighted by Gasteiger charge is -2.22. The summed E-state index contributed by atoms with van der Waals surface area (Å²) in [6, 6.07) is 9.14. The van der Waals surface area contributed by atoms with Crippen LogP contribution < -0.4 is 5.73 Å². The van der Waals surface area contributed by atoms with Crippen molar-refractivity contribution in [1.82, 2.24) is 14.9 Å². The molecule has 1 aromatic heterocycles. The van der Waals surface area contributed by atoms with Crippen LogP contribution in [0.25, 0.3) is 0 Å². The number of benzene rings is 1. The van der Waals surface area contributed by atoms with Crippen molar-refractivity contribution in [1.29, 1.82) is 0 Å². The van der Waals surface area contributed by atoms with Crippen molar-refractivity contribution in [2.24, 2.45) is 0 Å². The Bertz CT molecular complexity index is 878. The van der Waals surface area contributed by atoms with Crippen LogP contribution in [-0.4, -0.2) is 44.5 Å². The molecule has 0 unspecified atom stereocenters.